The van der Waals surface area contributed by atoms with Crippen molar-refractivity contribution in [1.82, 2.24) is 10.3 Å². The number of para-hydroxylation sites is 1. The summed E-state index contributed by atoms with van der Waals surface area (Å²) in [6.45, 7) is 6.96. The molecule has 2 aromatic rings. The number of methoxy groups -OCH3 is 1. The third kappa shape index (κ3) is 9.09. The molecule has 10 heteroatoms. The van der Waals surface area contributed by atoms with Crippen molar-refractivity contribution in [2.45, 2.75) is 84.5 Å². The third-order valence-corrected chi connectivity index (χ3v) is 7.01. The summed E-state index contributed by atoms with van der Waals surface area (Å²) in [5, 5.41) is 2.77. The van der Waals surface area contributed by atoms with Crippen LogP contribution in [0, 0.1) is 11.8 Å². The Hall–Kier alpha value is -3.82. The van der Waals surface area contributed by atoms with Crippen molar-refractivity contribution >= 4 is 17.8 Å². The van der Waals surface area contributed by atoms with Crippen molar-refractivity contribution in [3.8, 4) is 17.2 Å². The summed E-state index contributed by atoms with van der Waals surface area (Å²) in [4.78, 5) is 42.7. The monoisotopic (exact) mass is 570 g/mol. The molecule has 0 spiro atoms. The predicted octanol–water partition coefficient (Wildman–Crippen LogP) is 5.09. The average molecular weight is 571 g/mol. The molecular weight excluding hydrogens is 528 g/mol. The molecule has 2 heterocycles. The first-order valence-electron chi connectivity index (χ1n) is 14.3. The first-order chi connectivity index (χ1) is 19.7. The summed E-state index contributed by atoms with van der Waals surface area (Å²) in [6, 6.07) is 10.2. The molecule has 1 N–H and O–H groups in total. The van der Waals surface area contributed by atoms with Gasteiger partial charge in [-0.3, -0.25) is 9.59 Å². The molecule has 4 unspecified atom stereocenters. The minimum atomic E-state index is -0.896. The molecule has 3 rings (SSSR count). The van der Waals surface area contributed by atoms with Crippen LogP contribution in [0.25, 0.3) is 0 Å². The molecule has 1 aromatic heterocycles. The van der Waals surface area contributed by atoms with Crippen LogP contribution >= 0.6 is 0 Å². The van der Waals surface area contributed by atoms with Gasteiger partial charge in [0, 0.05) is 12.3 Å². The number of amides is 1. The Kier molecular flexibility index (Phi) is 12.2. The van der Waals surface area contributed by atoms with Crippen LogP contribution in [0.5, 0.6) is 17.2 Å². The largest absolute Gasteiger partial charge is 0.493 e. The zero-order valence-electron chi connectivity index (χ0n) is 24.6. The molecule has 1 aliphatic rings. The van der Waals surface area contributed by atoms with E-state index < -0.39 is 36.8 Å². The lowest BCUT2D eigenvalue weighted by atomic mass is 9.88. The number of carbonyl (C=O) groups is 3. The van der Waals surface area contributed by atoms with Crippen molar-refractivity contribution in [2.24, 2.45) is 11.8 Å². The number of cyclic esters (lactones) is 1. The third-order valence-electron chi connectivity index (χ3n) is 7.01. The van der Waals surface area contributed by atoms with Gasteiger partial charge in [0.05, 0.1) is 13.0 Å². The Morgan fingerprint density at radius 2 is 1.90 bits per heavy atom. The highest BCUT2D eigenvalue weighted by Gasteiger charge is 2.36. The van der Waals surface area contributed by atoms with Crippen LogP contribution in [0.1, 0.15) is 76.7 Å². The maximum atomic E-state index is 13.4. The zero-order chi connectivity index (χ0) is 29.8. The lowest BCUT2D eigenvalue weighted by Gasteiger charge is -2.31. The van der Waals surface area contributed by atoms with Gasteiger partial charge in [-0.15, -0.1) is 0 Å². The molecule has 1 fully saturated rings. The molecule has 1 amide bonds. The van der Waals surface area contributed by atoms with E-state index >= 15 is 0 Å². The Bertz CT molecular complexity index is 1140. The second kappa shape index (κ2) is 15.8. The average Bonchev–Trinajstić information content (AvgIpc) is 3.01. The van der Waals surface area contributed by atoms with Gasteiger partial charge in [0.1, 0.15) is 24.0 Å². The molecule has 1 aromatic carbocycles. The molecule has 10 nitrogen and oxygen atoms in total. The van der Waals surface area contributed by atoms with Gasteiger partial charge in [-0.1, -0.05) is 58.2 Å². The van der Waals surface area contributed by atoms with E-state index in [4.69, 9.17) is 23.7 Å². The van der Waals surface area contributed by atoms with Gasteiger partial charge >= 0.3 is 11.9 Å². The second-order valence-corrected chi connectivity index (χ2v) is 10.5. The Morgan fingerprint density at radius 1 is 1.15 bits per heavy atom. The number of benzene rings is 1. The van der Waals surface area contributed by atoms with Crippen LogP contribution in [0.15, 0.2) is 42.6 Å². The van der Waals surface area contributed by atoms with Crippen molar-refractivity contribution in [3.05, 3.63) is 48.3 Å². The first kappa shape index (κ1) is 31.7. The van der Waals surface area contributed by atoms with Crippen molar-refractivity contribution in [2.75, 3.05) is 13.9 Å². The SMILES string of the molecule is CCCCC1CCCC(NC(=O)c2nccc(OC)c2OCOC(=O)C(C)C)C(=O)OC(C)C1Oc1ccccc1. The molecule has 0 aliphatic carbocycles. The van der Waals surface area contributed by atoms with Crippen LogP contribution in [-0.4, -0.2) is 55.0 Å². The number of hydrogen-bond acceptors (Lipinski definition) is 9. The number of unbranched alkanes of at least 4 members (excludes halogenated alkanes) is 1. The maximum absolute atomic E-state index is 13.4. The summed E-state index contributed by atoms with van der Waals surface area (Å²) in [5.74, 6) is -0.827. The summed E-state index contributed by atoms with van der Waals surface area (Å²) in [6.07, 6.45) is 5.48. The van der Waals surface area contributed by atoms with Crippen molar-refractivity contribution in [1.29, 1.82) is 0 Å². The van der Waals surface area contributed by atoms with E-state index in [-0.39, 0.29) is 35.1 Å². The minimum absolute atomic E-state index is 0.00446. The van der Waals surface area contributed by atoms with Gasteiger partial charge in [-0.25, -0.2) is 9.78 Å². The number of nitrogens with zero attached hydrogens (tertiary/aromatic N) is 1. The van der Waals surface area contributed by atoms with Crippen LogP contribution in [0.2, 0.25) is 0 Å². The second-order valence-electron chi connectivity index (χ2n) is 10.5. The number of nitrogens with one attached hydrogen (secondary N) is 1. The molecule has 0 bridgehead atoms. The fourth-order valence-electron chi connectivity index (χ4n) is 4.77. The van der Waals surface area contributed by atoms with E-state index in [1.807, 2.05) is 37.3 Å². The molecule has 41 heavy (non-hydrogen) atoms. The smallest absolute Gasteiger partial charge is 0.329 e. The fraction of sp³-hybridized carbons (Fsp3) is 0.548. The molecule has 0 saturated carbocycles. The van der Waals surface area contributed by atoms with Crippen molar-refractivity contribution < 1.29 is 38.1 Å². The van der Waals surface area contributed by atoms with Crippen LogP contribution in [0.4, 0.5) is 0 Å². The Labute approximate surface area is 242 Å². The van der Waals surface area contributed by atoms with E-state index in [2.05, 4.69) is 17.2 Å². The van der Waals surface area contributed by atoms with Crippen molar-refractivity contribution in [3.63, 3.8) is 0 Å². The zero-order valence-corrected chi connectivity index (χ0v) is 24.6. The van der Waals surface area contributed by atoms with E-state index in [0.717, 1.165) is 31.4 Å². The van der Waals surface area contributed by atoms with Crippen LogP contribution in [0.3, 0.4) is 0 Å². The topological polar surface area (TPSA) is 122 Å². The lowest BCUT2D eigenvalue weighted by molar-refractivity contribution is -0.156. The van der Waals surface area contributed by atoms with E-state index in [1.54, 1.807) is 13.8 Å². The maximum Gasteiger partial charge on any atom is 0.329 e. The fourth-order valence-corrected chi connectivity index (χ4v) is 4.77. The highest BCUT2D eigenvalue weighted by molar-refractivity contribution is 5.98. The van der Waals surface area contributed by atoms with E-state index in [1.165, 1.54) is 19.4 Å². The number of carbonyl (C=O) groups excluding carboxylic acids is 3. The van der Waals surface area contributed by atoms with Gasteiger partial charge in [0.2, 0.25) is 6.79 Å². The summed E-state index contributed by atoms with van der Waals surface area (Å²) in [7, 11) is 1.42. The number of esters is 2. The first-order valence-corrected chi connectivity index (χ1v) is 14.3. The normalized spacial score (nSPS) is 21.1. The number of hydrogen-bond donors (Lipinski definition) is 1. The lowest BCUT2D eigenvalue weighted by Crippen LogP contribution is -2.45. The standard InChI is InChI=1S/C31H42N2O8/c1-6-7-12-22-13-11-16-24(31(36)40-21(4)27(22)41-23-14-9-8-10-15-23)33-29(34)26-28(25(37-5)17-18-32-26)38-19-39-30(35)20(2)3/h8-10,14-15,17-18,20-22,24,27H,6-7,11-13,16,19H2,1-5H3,(H,33,34). The van der Waals surface area contributed by atoms with Crippen LogP contribution in [-0.2, 0) is 19.1 Å². The molecule has 4 atom stereocenters. The highest BCUT2D eigenvalue weighted by atomic mass is 16.7. The quantitative estimate of drug-likeness (QED) is 0.274. The van der Waals surface area contributed by atoms with Gasteiger partial charge in [0.15, 0.2) is 17.2 Å². The van der Waals surface area contributed by atoms with E-state index in [9.17, 15) is 14.4 Å². The summed E-state index contributed by atoms with van der Waals surface area (Å²) in [5.41, 5.74) is -0.100. The Balaban J connectivity index is 1.76. The highest BCUT2D eigenvalue weighted by Crippen LogP contribution is 2.31. The molecule has 1 aliphatic heterocycles. The minimum Gasteiger partial charge on any atom is -0.493 e. The number of pyridine rings is 1. The van der Waals surface area contributed by atoms with Gasteiger partial charge in [-0.05, 0) is 44.2 Å². The number of aromatic nitrogens is 1. The Morgan fingerprint density at radius 3 is 2.59 bits per heavy atom. The van der Waals surface area contributed by atoms with Gasteiger partial charge in [-0.2, -0.15) is 0 Å². The van der Waals surface area contributed by atoms with E-state index in [0.29, 0.717) is 12.8 Å². The van der Waals surface area contributed by atoms with Crippen LogP contribution < -0.4 is 19.5 Å². The van der Waals surface area contributed by atoms with Gasteiger partial charge in [0.25, 0.3) is 5.91 Å². The molecule has 0 radical (unpaired) electrons. The van der Waals surface area contributed by atoms with Gasteiger partial charge < -0.3 is 29.0 Å². The predicted molar refractivity (Wildman–Crippen MR) is 152 cm³/mol. The number of ether oxygens (including phenoxy) is 5. The number of rotatable bonds is 12. The molecule has 224 valence electrons. The summed E-state index contributed by atoms with van der Waals surface area (Å²) >= 11 is 0. The summed E-state index contributed by atoms with van der Waals surface area (Å²) < 4.78 is 28.3. The molecular formula is C31H42N2O8. The molecule has 1 saturated heterocycles.